The van der Waals surface area contributed by atoms with Gasteiger partial charge in [0.1, 0.15) is 0 Å². The summed E-state index contributed by atoms with van der Waals surface area (Å²) in [5.41, 5.74) is 5.46. The van der Waals surface area contributed by atoms with Gasteiger partial charge in [-0.25, -0.2) is 8.42 Å². The van der Waals surface area contributed by atoms with E-state index in [1.807, 2.05) is 20.8 Å². The molecule has 0 aliphatic carbocycles. The molecule has 1 fully saturated rings. The number of rotatable bonds is 3. The first-order valence-corrected chi connectivity index (χ1v) is 7.61. The van der Waals surface area contributed by atoms with E-state index in [1.54, 1.807) is 0 Å². The van der Waals surface area contributed by atoms with Crippen molar-refractivity contribution >= 4 is 15.7 Å². The van der Waals surface area contributed by atoms with Crippen LogP contribution in [0.2, 0.25) is 0 Å². The van der Waals surface area contributed by atoms with Crippen LogP contribution in [0.4, 0.5) is 0 Å². The normalized spacial score (nSPS) is 25.5. The lowest BCUT2D eigenvalue weighted by atomic mass is 9.87. The lowest BCUT2D eigenvalue weighted by Gasteiger charge is -2.26. The smallest absolute Gasteiger partial charge is 0.237 e. The van der Waals surface area contributed by atoms with E-state index >= 15 is 0 Å². The maximum Gasteiger partial charge on any atom is 0.237 e. The predicted molar refractivity (Wildman–Crippen MR) is 67.2 cm³/mol. The Morgan fingerprint density at radius 2 is 2.06 bits per heavy atom. The summed E-state index contributed by atoms with van der Waals surface area (Å²) in [6.45, 7) is 5.82. The van der Waals surface area contributed by atoms with Gasteiger partial charge in [-0.15, -0.1) is 0 Å². The molecule has 3 N–H and O–H groups in total. The highest BCUT2D eigenvalue weighted by atomic mass is 32.2. The fourth-order valence-electron chi connectivity index (χ4n) is 1.81. The van der Waals surface area contributed by atoms with Gasteiger partial charge in [-0.1, -0.05) is 20.8 Å². The van der Waals surface area contributed by atoms with Crippen molar-refractivity contribution in [3.63, 3.8) is 0 Å². The molecule has 0 bridgehead atoms. The highest BCUT2D eigenvalue weighted by Crippen LogP contribution is 2.20. The molecule has 1 amide bonds. The van der Waals surface area contributed by atoms with Gasteiger partial charge in [0.25, 0.3) is 0 Å². The van der Waals surface area contributed by atoms with Crippen molar-refractivity contribution in [2.75, 3.05) is 12.3 Å². The van der Waals surface area contributed by atoms with Crippen LogP contribution in [0, 0.1) is 5.41 Å². The zero-order valence-electron chi connectivity index (χ0n) is 10.7. The van der Waals surface area contributed by atoms with Crippen molar-refractivity contribution in [3.8, 4) is 0 Å². The molecule has 100 valence electrons. The second-order valence-electron chi connectivity index (χ2n) is 5.72. The number of carbonyl (C=O) groups is 1. The zero-order valence-corrected chi connectivity index (χ0v) is 11.5. The maximum atomic E-state index is 11.7. The van der Waals surface area contributed by atoms with Crippen molar-refractivity contribution in [3.05, 3.63) is 0 Å². The summed E-state index contributed by atoms with van der Waals surface area (Å²) in [7, 11) is -3.00. The first-order chi connectivity index (χ1) is 7.64. The van der Waals surface area contributed by atoms with E-state index < -0.39 is 21.1 Å². The van der Waals surface area contributed by atoms with E-state index in [4.69, 9.17) is 5.73 Å². The van der Waals surface area contributed by atoms with Gasteiger partial charge in [-0.2, -0.15) is 0 Å². The summed E-state index contributed by atoms with van der Waals surface area (Å²) in [5.74, 6) is -0.0432. The molecule has 2 atom stereocenters. The van der Waals surface area contributed by atoms with Gasteiger partial charge in [0, 0.05) is 6.54 Å². The predicted octanol–water partition coefficient (Wildman–Crippen LogP) is 0.0532. The quantitative estimate of drug-likeness (QED) is 0.752. The first-order valence-electron chi connectivity index (χ1n) is 5.89. The number of hydrogen-bond acceptors (Lipinski definition) is 4. The zero-order chi connectivity index (χ0) is 13.3. The third-order valence-corrected chi connectivity index (χ3v) is 5.46. The molecule has 0 spiro atoms. The second kappa shape index (κ2) is 4.94. The van der Waals surface area contributed by atoms with Crippen LogP contribution in [0.3, 0.4) is 0 Å². The van der Waals surface area contributed by atoms with Crippen molar-refractivity contribution < 1.29 is 13.2 Å². The fraction of sp³-hybridized carbons (Fsp3) is 0.909. The molecule has 1 heterocycles. The molecule has 0 radical (unpaired) electrons. The molecule has 1 unspecified atom stereocenters. The molecule has 0 saturated carbocycles. The standard InChI is InChI=1S/C11H22N2O3S/c1-11(2,3)9(12)10(14)13-7-8-5-4-6-17(8,15)16/h8-9H,4-7,12H2,1-3H3,(H,13,14)/t8?,9-/m0/s1. The van der Waals surface area contributed by atoms with Gasteiger partial charge < -0.3 is 11.1 Å². The van der Waals surface area contributed by atoms with E-state index in [0.29, 0.717) is 12.8 Å². The van der Waals surface area contributed by atoms with E-state index in [-0.39, 0.29) is 23.6 Å². The Labute approximate surface area is 103 Å². The summed E-state index contributed by atoms with van der Waals surface area (Å²) in [4.78, 5) is 11.7. The lowest BCUT2D eigenvalue weighted by molar-refractivity contribution is -0.124. The minimum absolute atomic E-state index is 0.185. The summed E-state index contributed by atoms with van der Waals surface area (Å²) in [5, 5.41) is 2.21. The molecule has 1 rings (SSSR count). The summed E-state index contributed by atoms with van der Waals surface area (Å²) >= 11 is 0. The Morgan fingerprint density at radius 1 is 1.47 bits per heavy atom. The van der Waals surface area contributed by atoms with Gasteiger partial charge in [0.05, 0.1) is 17.0 Å². The topological polar surface area (TPSA) is 89.3 Å². The lowest BCUT2D eigenvalue weighted by Crippen LogP contribution is -2.50. The largest absolute Gasteiger partial charge is 0.353 e. The van der Waals surface area contributed by atoms with Crippen LogP contribution in [0.15, 0.2) is 0 Å². The van der Waals surface area contributed by atoms with Gasteiger partial charge in [0.15, 0.2) is 9.84 Å². The van der Waals surface area contributed by atoms with Gasteiger partial charge in [0.2, 0.25) is 5.91 Å². The molecule has 1 aliphatic rings. The Bertz CT molecular complexity index is 384. The number of amides is 1. The summed E-state index contributed by atoms with van der Waals surface area (Å²) < 4.78 is 23.1. The molecular formula is C11H22N2O3S. The molecular weight excluding hydrogens is 240 g/mol. The minimum Gasteiger partial charge on any atom is -0.353 e. The first kappa shape index (κ1) is 14.4. The summed E-state index contributed by atoms with van der Waals surface area (Å²) in [6.07, 6.45) is 1.32. The third-order valence-electron chi connectivity index (χ3n) is 3.18. The van der Waals surface area contributed by atoms with Crippen LogP contribution < -0.4 is 11.1 Å². The monoisotopic (exact) mass is 262 g/mol. The number of sulfone groups is 1. The number of carbonyl (C=O) groups excluding carboxylic acids is 1. The number of nitrogens with one attached hydrogen (secondary N) is 1. The van der Waals surface area contributed by atoms with E-state index in [1.165, 1.54) is 0 Å². The van der Waals surface area contributed by atoms with Gasteiger partial charge in [-0.3, -0.25) is 4.79 Å². The van der Waals surface area contributed by atoms with Crippen LogP contribution in [-0.2, 0) is 14.6 Å². The summed E-state index contributed by atoms with van der Waals surface area (Å²) in [6, 6.07) is -0.619. The van der Waals surface area contributed by atoms with E-state index in [2.05, 4.69) is 5.32 Å². The van der Waals surface area contributed by atoms with Crippen molar-refractivity contribution in [1.29, 1.82) is 0 Å². The van der Waals surface area contributed by atoms with Crippen LogP contribution in [0.5, 0.6) is 0 Å². The Balaban J connectivity index is 2.49. The second-order valence-corrected chi connectivity index (χ2v) is 8.12. The number of nitrogens with two attached hydrogens (primary N) is 1. The minimum atomic E-state index is -3.00. The molecule has 1 aliphatic heterocycles. The van der Waals surface area contributed by atoms with E-state index in [9.17, 15) is 13.2 Å². The Hall–Kier alpha value is -0.620. The third kappa shape index (κ3) is 3.67. The highest BCUT2D eigenvalue weighted by molar-refractivity contribution is 7.92. The average molecular weight is 262 g/mol. The fourth-order valence-corrected chi connectivity index (χ4v) is 3.57. The number of hydrogen-bond donors (Lipinski definition) is 2. The molecule has 0 aromatic heterocycles. The molecule has 0 aromatic rings. The molecule has 5 nitrogen and oxygen atoms in total. The molecule has 0 aromatic carbocycles. The SMILES string of the molecule is CC(C)(C)[C@@H](N)C(=O)NCC1CCCS1(=O)=O. The van der Waals surface area contributed by atoms with Gasteiger partial charge in [-0.05, 0) is 18.3 Å². The van der Waals surface area contributed by atoms with E-state index in [0.717, 1.165) is 0 Å². The average Bonchev–Trinajstić information content (AvgIpc) is 2.51. The van der Waals surface area contributed by atoms with Crippen molar-refractivity contribution in [2.45, 2.75) is 44.9 Å². The highest BCUT2D eigenvalue weighted by Gasteiger charge is 2.33. The van der Waals surface area contributed by atoms with Crippen LogP contribution in [0.1, 0.15) is 33.6 Å². The van der Waals surface area contributed by atoms with Crippen LogP contribution >= 0.6 is 0 Å². The molecule has 6 heteroatoms. The van der Waals surface area contributed by atoms with Crippen LogP contribution in [-0.4, -0.2) is 37.9 Å². The maximum absolute atomic E-state index is 11.7. The van der Waals surface area contributed by atoms with Crippen molar-refractivity contribution in [2.24, 2.45) is 11.1 Å². The Morgan fingerprint density at radius 3 is 2.47 bits per heavy atom. The molecule has 1 saturated heterocycles. The van der Waals surface area contributed by atoms with Gasteiger partial charge >= 0.3 is 0 Å². The molecule has 17 heavy (non-hydrogen) atoms. The van der Waals surface area contributed by atoms with Crippen LogP contribution in [0.25, 0.3) is 0 Å². The Kier molecular flexibility index (Phi) is 4.19. The van der Waals surface area contributed by atoms with Crippen molar-refractivity contribution in [1.82, 2.24) is 5.32 Å².